The Morgan fingerprint density at radius 3 is 2.29 bits per heavy atom. The highest BCUT2D eigenvalue weighted by atomic mass is 79.9. The van der Waals surface area contributed by atoms with Gasteiger partial charge in [-0.3, -0.25) is 0 Å². The number of ether oxygens (including phenoxy) is 3. The van der Waals surface area contributed by atoms with Gasteiger partial charge in [-0.25, -0.2) is 4.79 Å². The maximum Gasteiger partial charge on any atom is 0.343 e. The number of para-hydroxylation sites is 1. The number of rotatable bonds is 8. The van der Waals surface area contributed by atoms with Gasteiger partial charge in [-0.1, -0.05) is 37.3 Å². The van der Waals surface area contributed by atoms with Gasteiger partial charge in [-0.15, -0.1) is 0 Å². The zero-order valence-electron chi connectivity index (χ0n) is 15.6. The quantitative estimate of drug-likeness (QED) is 0.256. The van der Waals surface area contributed by atoms with Gasteiger partial charge >= 0.3 is 5.97 Å². The molecule has 0 radical (unpaired) electrons. The third-order valence-electron chi connectivity index (χ3n) is 4.04. The molecular formula is C23H21BrO4. The van der Waals surface area contributed by atoms with Gasteiger partial charge < -0.3 is 14.2 Å². The third kappa shape index (κ3) is 5.60. The van der Waals surface area contributed by atoms with Crippen molar-refractivity contribution in [3.05, 3.63) is 88.4 Å². The van der Waals surface area contributed by atoms with Crippen LogP contribution in [0.2, 0.25) is 0 Å². The second-order valence-corrected chi connectivity index (χ2v) is 6.90. The van der Waals surface area contributed by atoms with Crippen LogP contribution in [-0.2, 0) is 6.42 Å². The van der Waals surface area contributed by atoms with Gasteiger partial charge in [-0.05, 0) is 70.4 Å². The van der Waals surface area contributed by atoms with Crippen molar-refractivity contribution >= 4 is 21.9 Å². The fraction of sp³-hybridized carbons (Fsp3) is 0.174. The number of esters is 1. The van der Waals surface area contributed by atoms with E-state index in [0.717, 1.165) is 16.6 Å². The first kappa shape index (κ1) is 20.0. The Labute approximate surface area is 173 Å². The number of halogens is 1. The van der Waals surface area contributed by atoms with E-state index < -0.39 is 5.97 Å². The minimum absolute atomic E-state index is 0.372. The molecule has 0 atom stereocenters. The number of benzene rings is 3. The largest absolute Gasteiger partial charge is 0.490 e. The van der Waals surface area contributed by atoms with Crippen LogP contribution in [0, 0.1) is 0 Å². The molecule has 3 rings (SSSR count). The molecule has 0 bridgehead atoms. The zero-order chi connectivity index (χ0) is 19.8. The summed E-state index contributed by atoms with van der Waals surface area (Å²) in [5.41, 5.74) is 1.59. The topological polar surface area (TPSA) is 44.8 Å². The molecule has 0 N–H and O–H groups in total. The van der Waals surface area contributed by atoms with Crippen molar-refractivity contribution in [3.8, 4) is 17.2 Å². The molecular weight excluding hydrogens is 420 g/mol. The van der Waals surface area contributed by atoms with Crippen molar-refractivity contribution in [2.24, 2.45) is 0 Å². The lowest BCUT2D eigenvalue weighted by Crippen LogP contribution is -2.11. The number of carbonyl (C=O) groups is 1. The van der Waals surface area contributed by atoms with E-state index in [2.05, 4.69) is 22.9 Å². The molecule has 0 saturated heterocycles. The second kappa shape index (κ2) is 9.95. The predicted molar refractivity (Wildman–Crippen MR) is 112 cm³/mol. The highest BCUT2D eigenvalue weighted by Crippen LogP contribution is 2.27. The number of carbonyl (C=O) groups excluding carboxylic acids is 1. The van der Waals surface area contributed by atoms with Crippen molar-refractivity contribution in [1.29, 1.82) is 0 Å². The summed E-state index contributed by atoms with van der Waals surface area (Å²) < 4.78 is 17.5. The van der Waals surface area contributed by atoms with Gasteiger partial charge in [-0.2, -0.15) is 0 Å². The first-order chi connectivity index (χ1) is 13.7. The van der Waals surface area contributed by atoms with Crippen LogP contribution in [0.1, 0.15) is 22.8 Å². The Morgan fingerprint density at radius 1 is 0.857 bits per heavy atom. The van der Waals surface area contributed by atoms with E-state index >= 15 is 0 Å². The molecule has 0 amide bonds. The van der Waals surface area contributed by atoms with Crippen molar-refractivity contribution in [3.63, 3.8) is 0 Å². The van der Waals surface area contributed by atoms with Crippen LogP contribution in [0.3, 0.4) is 0 Å². The first-order valence-electron chi connectivity index (χ1n) is 9.07. The number of hydrogen-bond donors (Lipinski definition) is 0. The van der Waals surface area contributed by atoms with Crippen molar-refractivity contribution in [2.75, 3.05) is 13.2 Å². The molecule has 0 aromatic heterocycles. The Hall–Kier alpha value is -2.79. The van der Waals surface area contributed by atoms with Crippen LogP contribution in [0.5, 0.6) is 17.2 Å². The molecule has 0 aliphatic rings. The lowest BCUT2D eigenvalue weighted by atomic mass is 10.2. The highest BCUT2D eigenvalue weighted by molar-refractivity contribution is 9.10. The van der Waals surface area contributed by atoms with Crippen LogP contribution in [0.25, 0.3) is 0 Å². The zero-order valence-corrected chi connectivity index (χ0v) is 17.1. The standard InChI is InChI=1S/C23H21BrO4/c1-2-17-11-12-22(21(24)15-17)28-23(25)18-7-6-10-20(16-18)27-14-13-26-19-8-4-3-5-9-19/h3-12,15-16H,2,13-14H2,1H3. The molecule has 3 aromatic rings. The Bertz CT molecular complexity index is 925. The van der Waals surface area contributed by atoms with E-state index in [-0.39, 0.29) is 0 Å². The molecule has 0 saturated carbocycles. The average molecular weight is 441 g/mol. The molecule has 0 heterocycles. The van der Waals surface area contributed by atoms with Crippen molar-refractivity contribution < 1.29 is 19.0 Å². The van der Waals surface area contributed by atoms with Crippen LogP contribution < -0.4 is 14.2 Å². The number of aryl methyl sites for hydroxylation is 1. The molecule has 144 valence electrons. The molecule has 0 aliphatic heterocycles. The van der Waals surface area contributed by atoms with Crippen LogP contribution in [-0.4, -0.2) is 19.2 Å². The summed E-state index contributed by atoms with van der Waals surface area (Å²) in [7, 11) is 0. The van der Waals surface area contributed by atoms with E-state index in [1.807, 2.05) is 42.5 Å². The van der Waals surface area contributed by atoms with E-state index in [1.165, 1.54) is 5.56 Å². The molecule has 0 spiro atoms. The van der Waals surface area contributed by atoms with Gasteiger partial charge in [0.05, 0.1) is 10.0 Å². The molecule has 3 aromatic carbocycles. The van der Waals surface area contributed by atoms with Gasteiger partial charge in [0.15, 0.2) is 0 Å². The summed E-state index contributed by atoms with van der Waals surface area (Å²) in [4.78, 5) is 12.5. The summed E-state index contributed by atoms with van der Waals surface area (Å²) >= 11 is 3.45. The highest BCUT2D eigenvalue weighted by Gasteiger charge is 2.12. The summed E-state index contributed by atoms with van der Waals surface area (Å²) in [5.74, 6) is 1.44. The molecule has 0 unspecified atom stereocenters. The minimum atomic E-state index is -0.434. The summed E-state index contributed by atoms with van der Waals surface area (Å²) in [6.45, 7) is 2.86. The van der Waals surface area contributed by atoms with Crippen LogP contribution in [0.15, 0.2) is 77.3 Å². The van der Waals surface area contributed by atoms with Crippen molar-refractivity contribution in [2.45, 2.75) is 13.3 Å². The molecule has 28 heavy (non-hydrogen) atoms. The smallest absolute Gasteiger partial charge is 0.343 e. The average Bonchev–Trinajstić information content (AvgIpc) is 2.73. The number of hydrogen-bond acceptors (Lipinski definition) is 4. The summed E-state index contributed by atoms with van der Waals surface area (Å²) in [6.07, 6.45) is 0.917. The van der Waals surface area contributed by atoms with Gasteiger partial charge in [0.2, 0.25) is 0 Å². The monoisotopic (exact) mass is 440 g/mol. The van der Waals surface area contributed by atoms with Crippen LogP contribution >= 0.6 is 15.9 Å². The lowest BCUT2D eigenvalue weighted by molar-refractivity contribution is 0.0733. The predicted octanol–water partition coefficient (Wildman–Crippen LogP) is 5.69. The van der Waals surface area contributed by atoms with Gasteiger partial charge in [0, 0.05) is 0 Å². The lowest BCUT2D eigenvalue weighted by Gasteiger charge is -2.10. The fourth-order valence-corrected chi connectivity index (χ4v) is 3.06. The Morgan fingerprint density at radius 2 is 1.57 bits per heavy atom. The van der Waals surface area contributed by atoms with Gasteiger partial charge in [0.1, 0.15) is 30.5 Å². The van der Waals surface area contributed by atoms with Gasteiger partial charge in [0.25, 0.3) is 0 Å². The molecule has 5 heteroatoms. The molecule has 0 aliphatic carbocycles. The Balaban J connectivity index is 1.55. The first-order valence-corrected chi connectivity index (χ1v) is 9.86. The summed E-state index contributed by atoms with van der Waals surface area (Å²) in [5, 5.41) is 0. The molecule has 4 nitrogen and oxygen atoms in total. The van der Waals surface area contributed by atoms with E-state index in [0.29, 0.717) is 30.3 Å². The fourth-order valence-electron chi connectivity index (χ4n) is 2.55. The molecule has 0 fully saturated rings. The second-order valence-electron chi connectivity index (χ2n) is 6.05. The SMILES string of the molecule is CCc1ccc(OC(=O)c2cccc(OCCOc3ccccc3)c2)c(Br)c1. The minimum Gasteiger partial charge on any atom is -0.490 e. The van der Waals surface area contributed by atoms with E-state index in [4.69, 9.17) is 14.2 Å². The summed E-state index contributed by atoms with van der Waals surface area (Å²) in [6, 6.07) is 22.2. The van der Waals surface area contributed by atoms with Crippen LogP contribution in [0.4, 0.5) is 0 Å². The third-order valence-corrected chi connectivity index (χ3v) is 4.66. The normalized spacial score (nSPS) is 10.4. The van der Waals surface area contributed by atoms with E-state index in [9.17, 15) is 4.79 Å². The maximum atomic E-state index is 12.5. The maximum absolute atomic E-state index is 12.5. The van der Waals surface area contributed by atoms with E-state index in [1.54, 1.807) is 30.3 Å². The van der Waals surface area contributed by atoms with Crippen molar-refractivity contribution in [1.82, 2.24) is 0 Å². The Kier molecular flexibility index (Phi) is 7.09.